The van der Waals surface area contributed by atoms with Crippen molar-refractivity contribution in [3.05, 3.63) is 35.3 Å². The number of diazo groups is 1. The van der Waals surface area contributed by atoms with Crippen LogP contribution >= 0.6 is 0 Å². The van der Waals surface area contributed by atoms with Gasteiger partial charge in [0.15, 0.2) is 16.5 Å². The molecule has 0 atom stereocenters. The maximum absolute atomic E-state index is 11.8. The third kappa shape index (κ3) is 2.54. The normalized spacial score (nSPS) is 9.81. The Bertz CT molecular complexity index is 708. The molecule has 2 aromatic carbocycles. The highest BCUT2D eigenvalue weighted by molar-refractivity contribution is 5.79. The Morgan fingerprint density at radius 2 is 1.67 bits per heavy atom. The predicted octanol–water partition coefficient (Wildman–Crippen LogP) is 2.94. The molecule has 0 radical (unpaired) electrons. The zero-order chi connectivity index (χ0) is 15.4. The highest BCUT2D eigenvalue weighted by atomic mass is 16.5. The molecule has 0 aliphatic rings. The summed E-state index contributed by atoms with van der Waals surface area (Å²) in [6, 6.07) is 7.98. The van der Waals surface area contributed by atoms with Gasteiger partial charge >= 0.3 is 5.69 Å². The minimum absolute atomic E-state index is 0.0156. The summed E-state index contributed by atoms with van der Waals surface area (Å²) in [6.07, 6.45) is 0. The zero-order valence-electron chi connectivity index (χ0n) is 11.9. The minimum atomic E-state index is -0.383. The van der Waals surface area contributed by atoms with Crippen LogP contribution in [0.1, 0.15) is 0 Å². The zero-order valence-corrected chi connectivity index (χ0v) is 11.9. The number of methoxy groups -OCH3 is 3. The second-order valence-corrected chi connectivity index (χ2v) is 4.16. The van der Waals surface area contributed by atoms with Crippen molar-refractivity contribution >= 4 is 5.69 Å². The average molecular weight is 286 g/mol. The summed E-state index contributed by atoms with van der Waals surface area (Å²) in [7, 11) is 4.55. The summed E-state index contributed by atoms with van der Waals surface area (Å²) in [5.74, 6) is 1.06. The molecule has 0 heterocycles. The molecule has 0 bridgehead atoms. The summed E-state index contributed by atoms with van der Waals surface area (Å²) >= 11 is 0. The van der Waals surface area contributed by atoms with Gasteiger partial charge in [0.2, 0.25) is 11.1 Å². The minimum Gasteiger partial charge on any atom is -0.867 e. The average Bonchev–Trinajstić information content (AvgIpc) is 2.52. The maximum Gasteiger partial charge on any atom is 0.377 e. The monoisotopic (exact) mass is 286 g/mol. The van der Waals surface area contributed by atoms with Crippen molar-refractivity contribution in [2.24, 2.45) is 0 Å². The number of ether oxygens (including phenoxy) is 3. The van der Waals surface area contributed by atoms with Crippen molar-refractivity contribution in [1.29, 1.82) is 5.39 Å². The van der Waals surface area contributed by atoms with Gasteiger partial charge in [-0.2, -0.15) is 0 Å². The Balaban J connectivity index is 2.64. The van der Waals surface area contributed by atoms with E-state index in [0.717, 1.165) is 0 Å². The molecule has 0 aromatic heterocycles. The molecule has 6 heteroatoms. The van der Waals surface area contributed by atoms with Gasteiger partial charge in [0.25, 0.3) is 0 Å². The van der Waals surface area contributed by atoms with E-state index in [9.17, 15) is 5.11 Å². The van der Waals surface area contributed by atoms with Gasteiger partial charge in [0.1, 0.15) is 0 Å². The Labute approximate surface area is 122 Å². The van der Waals surface area contributed by atoms with E-state index in [4.69, 9.17) is 19.6 Å². The van der Waals surface area contributed by atoms with E-state index >= 15 is 0 Å². The summed E-state index contributed by atoms with van der Waals surface area (Å²) in [5, 5.41) is 20.5. The van der Waals surface area contributed by atoms with Crippen LogP contribution in [0.15, 0.2) is 30.3 Å². The van der Waals surface area contributed by atoms with Gasteiger partial charge in [0, 0.05) is 11.6 Å². The first-order chi connectivity index (χ1) is 10.2. The molecule has 0 fully saturated rings. The maximum atomic E-state index is 11.8. The Morgan fingerprint density at radius 1 is 0.952 bits per heavy atom. The summed E-state index contributed by atoms with van der Waals surface area (Å²) in [5.41, 5.74) is 1.29. The molecule has 0 unspecified atom stereocenters. The molecule has 0 spiro atoms. The fourth-order valence-electron chi connectivity index (χ4n) is 2.09. The molecule has 2 aromatic rings. The van der Waals surface area contributed by atoms with Crippen molar-refractivity contribution in [2.45, 2.75) is 0 Å². The van der Waals surface area contributed by atoms with Crippen molar-refractivity contribution < 1.29 is 19.3 Å². The van der Waals surface area contributed by atoms with E-state index in [2.05, 4.69) is 4.98 Å². The number of rotatable bonds is 4. The van der Waals surface area contributed by atoms with Crippen molar-refractivity contribution in [3.63, 3.8) is 0 Å². The molecule has 0 saturated carbocycles. The van der Waals surface area contributed by atoms with Crippen LogP contribution < -0.4 is 19.3 Å². The van der Waals surface area contributed by atoms with Crippen LogP contribution in [0, 0.1) is 5.39 Å². The van der Waals surface area contributed by atoms with Gasteiger partial charge < -0.3 is 19.3 Å². The second-order valence-electron chi connectivity index (χ2n) is 4.16. The SMILES string of the molecule is COc1ccc(-c2ccc([N+]#N)c([O-])c2)c(OC)c1OC. The molecule has 21 heavy (non-hydrogen) atoms. The van der Waals surface area contributed by atoms with E-state index in [1.165, 1.54) is 33.5 Å². The Hall–Kier alpha value is -2.94. The lowest BCUT2D eigenvalue weighted by Crippen LogP contribution is -1.97. The lowest BCUT2D eigenvalue weighted by molar-refractivity contribution is -0.266. The standard InChI is InChI=1S/C15H14N2O4/c1-19-13-7-5-10(14(20-2)15(13)21-3)9-4-6-11(17-16)12(18)8-9/h4-8H,1-3H3. The van der Waals surface area contributed by atoms with Gasteiger partial charge in [-0.05, 0) is 29.5 Å². The van der Waals surface area contributed by atoms with Gasteiger partial charge in [-0.1, -0.05) is 6.07 Å². The fourth-order valence-corrected chi connectivity index (χ4v) is 2.09. The third-order valence-electron chi connectivity index (χ3n) is 3.08. The molecule has 0 saturated heterocycles. The largest absolute Gasteiger partial charge is 0.867 e. The molecular weight excluding hydrogens is 272 g/mol. The first-order valence-corrected chi connectivity index (χ1v) is 6.11. The van der Waals surface area contributed by atoms with Crippen LogP contribution in [0.25, 0.3) is 16.1 Å². The molecule has 0 amide bonds. The smallest absolute Gasteiger partial charge is 0.377 e. The molecule has 2 rings (SSSR count). The van der Waals surface area contributed by atoms with Crippen molar-refractivity contribution in [2.75, 3.05) is 21.3 Å². The van der Waals surface area contributed by atoms with E-state index in [1.54, 1.807) is 18.2 Å². The van der Waals surface area contributed by atoms with Gasteiger partial charge in [-0.25, -0.2) is 0 Å². The number of hydrogen-bond acceptors (Lipinski definition) is 5. The van der Waals surface area contributed by atoms with Gasteiger partial charge in [0.05, 0.1) is 21.3 Å². The van der Waals surface area contributed by atoms with Crippen LogP contribution in [-0.4, -0.2) is 21.3 Å². The second kappa shape index (κ2) is 6.01. The van der Waals surface area contributed by atoms with Crippen LogP contribution in [-0.2, 0) is 0 Å². The molecule has 0 aliphatic carbocycles. The van der Waals surface area contributed by atoms with Crippen LogP contribution in [0.3, 0.4) is 0 Å². The lowest BCUT2D eigenvalue weighted by Gasteiger charge is -2.16. The van der Waals surface area contributed by atoms with Gasteiger partial charge in [-0.3, -0.25) is 0 Å². The van der Waals surface area contributed by atoms with Crippen LogP contribution in [0.5, 0.6) is 23.0 Å². The molecule has 0 N–H and O–H groups in total. The topological polar surface area (TPSA) is 78.9 Å². The first kappa shape index (κ1) is 14.5. The predicted molar refractivity (Wildman–Crippen MR) is 75.7 cm³/mol. The first-order valence-electron chi connectivity index (χ1n) is 6.11. The highest BCUT2D eigenvalue weighted by Crippen LogP contribution is 2.45. The Morgan fingerprint density at radius 3 is 2.19 bits per heavy atom. The molecular formula is C15H14N2O4. The lowest BCUT2D eigenvalue weighted by atomic mass is 10.0. The van der Waals surface area contributed by atoms with Crippen LogP contribution in [0.4, 0.5) is 5.69 Å². The van der Waals surface area contributed by atoms with E-state index in [1.807, 2.05) is 0 Å². The molecule has 108 valence electrons. The quantitative estimate of drug-likeness (QED) is 0.807. The summed E-state index contributed by atoms with van der Waals surface area (Å²) < 4.78 is 15.9. The molecule has 0 aliphatic heterocycles. The summed E-state index contributed by atoms with van der Waals surface area (Å²) in [4.78, 5) is 2.92. The number of hydrogen-bond donors (Lipinski definition) is 0. The van der Waals surface area contributed by atoms with Crippen LogP contribution in [0.2, 0.25) is 0 Å². The number of benzene rings is 2. The Kier molecular flexibility index (Phi) is 4.14. The van der Waals surface area contributed by atoms with E-state index in [0.29, 0.717) is 28.4 Å². The third-order valence-corrected chi connectivity index (χ3v) is 3.08. The van der Waals surface area contributed by atoms with Crippen molar-refractivity contribution in [3.8, 4) is 34.1 Å². The highest BCUT2D eigenvalue weighted by Gasteiger charge is 2.18. The number of nitrogens with zero attached hydrogens (tertiary/aromatic N) is 2. The fraction of sp³-hybridized carbons (Fsp3) is 0.200. The molecule has 6 nitrogen and oxygen atoms in total. The van der Waals surface area contributed by atoms with E-state index < -0.39 is 0 Å². The van der Waals surface area contributed by atoms with E-state index in [-0.39, 0.29) is 11.4 Å². The van der Waals surface area contributed by atoms with Gasteiger partial charge in [-0.15, -0.1) is 0 Å². The van der Waals surface area contributed by atoms with Crippen molar-refractivity contribution in [1.82, 2.24) is 0 Å². The summed E-state index contributed by atoms with van der Waals surface area (Å²) in [6.45, 7) is 0.